The standard InChI is InChI=1S/C38H20N4O/c1-2-9-21(10-3-1)36-38(40-25-13-6-5-12-24(25)39-36)42-28-16-8-15-27-32(28)33-29(42)18-20-30-34(33)35-31(43-30)19-17-23-22-11-4-7-14-26(22)41(27)37(23)35/h1-20H. The second-order valence-electron chi connectivity index (χ2n) is 11.4. The molecule has 0 spiro atoms. The Labute approximate surface area is 243 Å². The molecule has 0 aliphatic rings. The molecule has 6 aromatic carbocycles. The number of rotatable bonds is 2. The van der Waals surface area contributed by atoms with Gasteiger partial charge in [0, 0.05) is 32.5 Å². The maximum absolute atomic E-state index is 6.55. The lowest BCUT2D eigenvalue weighted by Crippen LogP contribution is -2.03. The molecule has 0 aliphatic carbocycles. The van der Waals surface area contributed by atoms with Crippen molar-refractivity contribution in [3.05, 3.63) is 121 Å². The van der Waals surface area contributed by atoms with E-state index in [1.807, 2.05) is 30.3 Å². The number of hydrogen-bond acceptors (Lipinski definition) is 3. The molecule has 0 aliphatic heterocycles. The van der Waals surface area contributed by atoms with Crippen molar-refractivity contribution in [1.82, 2.24) is 18.9 Å². The van der Waals surface area contributed by atoms with Crippen LogP contribution in [0.1, 0.15) is 0 Å². The summed E-state index contributed by atoms with van der Waals surface area (Å²) >= 11 is 0. The molecule has 5 nitrogen and oxygen atoms in total. The average Bonchev–Trinajstić information content (AvgIpc) is 3.68. The molecule has 0 radical (unpaired) electrons. The van der Waals surface area contributed by atoms with Crippen LogP contribution in [0.15, 0.2) is 126 Å². The quantitative estimate of drug-likeness (QED) is 0.216. The lowest BCUT2D eigenvalue weighted by Gasteiger charge is -2.14. The fourth-order valence-electron chi connectivity index (χ4n) is 7.53. The predicted molar refractivity (Wildman–Crippen MR) is 175 cm³/mol. The zero-order chi connectivity index (χ0) is 27.8. The minimum atomic E-state index is 0.817. The Morgan fingerprint density at radius 3 is 2.07 bits per heavy atom. The summed E-state index contributed by atoms with van der Waals surface area (Å²) in [6, 6.07) is 42.5. The van der Waals surface area contributed by atoms with Gasteiger partial charge < -0.3 is 8.82 Å². The molecular weight excluding hydrogens is 528 g/mol. The zero-order valence-electron chi connectivity index (χ0n) is 22.7. The van der Waals surface area contributed by atoms with Crippen LogP contribution in [0, 0.1) is 0 Å². The maximum Gasteiger partial charge on any atom is 0.165 e. The molecule has 5 heterocycles. The molecule has 0 saturated carbocycles. The largest absolute Gasteiger partial charge is 0.456 e. The Morgan fingerprint density at radius 1 is 0.465 bits per heavy atom. The highest BCUT2D eigenvalue weighted by atomic mass is 16.3. The first-order valence-corrected chi connectivity index (χ1v) is 14.5. The Kier molecular flexibility index (Phi) is 3.78. The fourth-order valence-corrected chi connectivity index (χ4v) is 7.53. The van der Waals surface area contributed by atoms with Crippen molar-refractivity contribution in [3.63, 3.8) is 0 Å². The molecule has 11 aromatic rings. The third-order valence-electron chi connectivity index (χ3n) is 9.22. The van der Waals surface area contributed by atoms with Gasteiger partial charge in [0.05, 0.1) is 44.0 Å². The van der Waals surface area contributed by atoms with Gasteiger partial charge in [0.1, 0.15) is 16.9 Å². The summed E-state index contributed by atoms with van der Waals surface area (Å²) in [7, 11) is 0. The molecule has 0 saturated heterocycles. The van der Waals surface area contributed by atoms with Gasteiger partial charge in [-0.15, -0.1) is 0 Å². The third kappa shape index (κ3) is 2.55. The summed E-state index contributed by atoms with van der Waals surface area (Å²) in [4.78, 5) is 10.5. The smallest absolute Gasteiger partial charge is 0.165 e. The molecule has 0 amide bonds. The van der Waals surface area contributed by atoms with E-state index >= 15 is 0 Å². The molecule has 5 heteroatoms. The number of nitrogens with zero attached hydrogens (tertiary/aromatic N) is 4. The van der Waals surface area contributed by atoms with Crippen molar-refractivity contribution in [2.75, 3.05) is 0 Å². The van der Waals surface area contributed by atoms with Crippen LogP contribution in [0.25, 0.3) is 99.2 Å². The molecule has 0 N–H and O–H groups in total. The molecular formula is C38H20N4O. The van der Waals surface area contributed by atoms with E-state index in [1.54, 1.807) is 0 Å². The highest BCUT2D eigenvalue weighted by molar-refractivity contribution is 6.37. The van der Waals surface area contributed by atoms with E-state index in [1.165, 1.54) is 38.1 Å². The van der Waals surface area contributed by atoms with Crippen LogP contribution in [-0.2, 0) is 0 Å². The van der Waals surface area contributed by atoms with Crippen LogP contribution in [0.4, 0.5) is 0 Å². The van der Waals surface area contributed by atoms with Gasteiger partial charge >= 0.3 is 0 Å². The minimum absolute atomic E-state index is 0.817. The van der Waals surface area contributed by atoms with Crippen molar-refractivity contribution in [1.29, 1.82) is 0 Å². The van der Waals surface area contributed by atoms with Gasteiger partial charge in [0.2, 0.25) is 0 Å². The number of benzene rings is 6. The second-order valence-corrected chi connectivity index (χ2v) is 11.4. The maximum atomic E-state index is 6.55. The van der Waals surface area contributed by atoms with Gasteiger partial charge in [0.25, 0.3) is 0 Å². The molecule has 43 heavy (non-hydrogen) atoms. The zero-order valence-corrected chi connectivity index (χ0v) is 22.7. The molecule has 11 rings (SSSR count). The van der Waals surface area contributed by atoms with E-state index in [2.05, 4.69) is 100.0 Å². The van der Waals surface area contributed by atoms with Crippen LogP contribution in [0.3, 0.4) is 0 Å². The summed E-state index contributed by atoms with van der Waals surface area (Å²) in [6.45, 7) is 0. The minimum Gasteiger partial charge on any atom is -0.456 e. The van der Waals surface area contributed by atoms with Crippen LogP contribution in [-0.4, -0.2) is 18.9 Å². The number of furan rings is 1. The van der Waals surface area contributed by atoms with Gasteiger partial charge in [-0.05, 0) is 54.6 Å². The normalized spacial score (nSPS) is 12.7. The highest BCUT2D eigenvalue weighted by Crippen LogP contribution is 2.48. The summed E-state index contributed by atoms with van der Waals surface area (Å²) < 4.78 is 11.3. The first-order valence-electron chi connectivity index (χ1n) is 14.5. The summed E-state index contributed by atoms with van der Waals surface area (Å²) in [5, 5.41) is 7.19. The predicted octanol–water partition coefficient (Wildman–Crippen LogP) is 9.73. The molecule has 0 atom stereocenters. The van der Waals surface area contributed by atoms with Crippen molar-refractivity contribution < 1.29 is 4.42 Å². The van der Waals surface area contributed by atoms with Crippen molar-refractivity contribution in [3.8, 4) is 17.1 Å². The highest BCUT2D eigenvalue weighted by Gasteiger charge is 2.27. The van der Waals surface area contributed by atoms with Gasteiger partial charge in [-0.3, -0.25) is 4.57 Å². The van der Waals surface area contributed by atoms with Crippen LogP contribution >= 0.6 is 0 Å². The SMILES string of the molecule is c1ccc(-c2nc3ccccc3nc2-n2c3ccc4oc5ccc6c7ccccc7n7c8cccc2c8c3c4c5c67)cc1. The number of aromatic nitrogens is 4. The topological polar surface area (TPSA) is 48.3 Å². The van der Waals surface area contributed by atoms with Gasteiger partial charge in [-0.2, -0.15) is 0 Å². The number of para-hydroxylation sites is 3. The summed E-state index contributed by atoms with van der Waals surface area (Å²) in [6.07, 6.45) is 0. The van der Waals surface area contributed by atoms with Gasteiger partial charge in [-0.1, -0.05) is 66.7 Å². The second kappa shape index (κ2) is 7.46. The first kappa shape index (κ1) is 21.8. The average molecular weight is 549 g/mol. The Hall–Kier alpha value is -5.94. The van der Waals surface area contributed by atoms with E-state index in [4.69, 9.17) is 14.4 Å². The molecule has 0 bridgehead atoms. The lowest BCUT2D eigenvalue weighted by atomic mass is 10.0. The number of hydrogen-bond donors (Lipinski definition) is 0. The number of fused-ring (bicyclic) bond motifs is 5. The Balaban J connectivity index is 1.44. The molecule has 198 valence electrons. The Bertz CT molecular complexity index is 2890. The third-order valence-corrected chi connectivity index (χ3v) is 9.22. The van der Waals surface area contributed by atoms with E-state index in [0.29, 0.717) is 0 Å². The molecule has 0 fully saturated rings. The van der Waals surface area contributed by atoms with Crippen LogP contribution < -0.4 is 0 Å². The summed E-state index contributed by atoms with van der Waals surface area (Å²) in [5.41, 5.74) is 11.2. The van der Waals surface area contributed by atoms with E-state index in [0.717, 1.165) is 61.1 Å². The van der Waals surface area contributed by atoms with Crippen LogP contribution in [0.2, 0.25) is 0 Å². The fraction of sp³-hybridized carbons (Fsp3) is 0. The van der Waals surface area contributed by atoms with E-state index in [-0.39, 0.29) is 0 Å². The first-order chi connectivity index (χ1) is 21.3. The van der Waals surface area contributed by atoms with E-state index in [9.17, 15) is 0 Å². The molecule has 0 unspecified atom stereocenters. The van der Waals surface area contributed by atoms with Gasteiger partial charge in [-0.25, -0.2) is 9.97 Å². The monoisotopic (exact) mass is 548 g/mol. The van der Waals surface area contributed by atoms with Crippen molar-refractivity contribution in [2.45, 2.75) is 0 Å². The van der Waals surface area contributed by atoms with Crippen molar-refractivity contribution in [2.24, 2.45) is 0 Å². The van der Waals surface area contributed by atoms with Crippen molar-refractivity contribution >= 4 is 82.1 Å². The van der Waals surface area contributed by atoms with E-state index < -0.39 is 0 Å². The summed E-state index contributed by atoms with van der Waals surface area (Å²) in [5.74, 6) is 0.817. The molecule has 5 aromatic heterocycles. The lowest BCUT2D eigenvalue weighted by molar-refractivity contribution is 0.669. The Morgan fingerprint density at radius 2 is 1.16 bits per heavy atom. The van der Waals surface area contributed by atoms with Gasteiger partial charge in [0.15, 0.2) is 5.82 Å². The van der Waals surface area contributed by atoms with Crippen LogP contribution in [0.5, 0.6) is 0 Å².